The van der Waals surface area contributed by atoms with Crippen molar-refractivity contribution < 1.29 is 19.4 Å². The molecule has 0 aromatic carbocycles. The van der Waals surface area contributed by atoms with Gasteiger partial charge < -0.3 is 9.84 Å². The second-order valence-electron chi connectivity index (χ2n) is 2.97. The number of ether oxygens (including phenoxy) is 1. The van der Waals surface area contributed by atoms with Gasteiger partial charge in [-0.25, -0.2) is 14.6 Å². The zero-order chi connectivity index (χ0) is 10.8. The van der Waals surface area contributed by atoms with E-state index in [4.69, 9.17) is 9.84 Å². The number of hydrogen-bond acceptors (Lipinski definition) is 5. The summed E-state index contributed by atoms with van der Waals surface area (Å²) < 4.78 is 4.74. The van der Waals surface area contributed by atoms with Gasteiger partial charge in [0.05, 0.1) is 13.1 Å². The van der Waals surface area contributed by atoms with Gasteiger partial charge in [0.15, 0.2) is 5.69 Å². The molecule has 0 unspecified atom stereocenters. The second-order valence-corrected chi connectivity index (χ2v) is 3.91. The van der Waals surface area contributed by atoms with Crippen LogP contribution in [0.1, 0.15) is 15.5 Å². The van der Waals surface area contributed by atoms with E-state index in [0.717, 1.165) is 0 Å². The van der Waals surface area contributed by atoms with E-state index in [1.165, 1.54) is 21.6 Å². The summed E-state index contributed by atoms with van der Waals surface area (Å²) in [5.41, 5.74) is 0.0163. The minimum absolute atomic E-state index is 0.0163. The maximum absolute atomic E-state index is 11.1. The fraction of sp³-hybridized carbons (Fsp3) is 0.375. The van der Waals surface area contributed by atoms with Crippen molar-refractivity contribution in [1.82, 2.24) is 9.88 Å². The molecule has 1 aliphatic rings. The fourth-order valence-corrected chi connectivity index (χ4v) is 2.00. The Bertz CT molecular complexity index is 403. The van der Waals surface area contributed by atoms with Gasteiger partial charge in [0.25, 0.3) is 0 Å². The van der Waals surface area contributed by atoms with E-state index in [1.807, 2.05) is 0 Å². The van der Waals surface area contributed by atoms with Gasteiger partial charge in [0.1, 0.15) is 11.6 Å². The van der Waals surface area contributed by atoms with Gasteiger partial charge in [-0.3, -0.25) is 4.90 Å². The number of rotatable bonds is 3. The van der Waals surface area contributed by atoms with E-state index in [9.17, 15) is 9.59 Å². The number of hydrogen-bond donors (Lipinski definition) is 1. The smallest absolute Gasteiger partial charge is 0.410 e. The Morgan fingerprint density at radius 3 is 3.07 bits per heavy atom. The monoisotopic (exact) mass is 228 g/mol. The molecule has 1 N–H and O–H groups in total. The first-order valence-corrected chi connectivity index (χ1v) is 5.14. The molecule has 1 aliphatic heterocycles. The highest BCUT2D eigenvalue weighted by molar-refractivity contribution is 7.09. The van der Waals surface area contributed by atoms with E-state index in [-0.39, 0.29) is 11.8 Å². The summed E-state index contributed by atoms with van der Waals surface area (Å²) in [6, 6.07) is 0. The first kappa shape index (κ1) is 9.91. The molecule has 0 aliphatic carbocycles. The SMILES string of the molecule is O=C(O)c1csc(CN2CCOC2=O)n1. The number of carboxylic acid groups (broad SMARTS) is 1. The molecule has 0 radical (unpaired) electrons. The van der Waals surface area contributed by atoms with Crippen molar-refractivity contribution >= 4 is 23.4 Å². The van der Waals surface area contributed by atoms with E-state index in [1.54, 1.807) is 0 Å². The zero-order valence-corrected chi connectivity index (χ0v) is 8.49. The maximum atomic E-state index is 11.1. The molecule has 80 valence electrons. The summed E-state index contributed by atoms with van der Waals surface area (Å²) in [7, 11) is 0. The Kier molecular flexibility index (Phi) is 2.55. The first-order chi connectivity index (χ1) is 7.16. The lowest BCUT2D eigenvalue weighted by Gasteiger charge is -2.08. The predicted octanol–water partition coefficient (Wildman–Crippen LogP) is 0.794. The van der Waals surface area contributed by atoms with Crippen LogP contribution in [0.2, 0.25) is 0 Å². The molecule has 7 heteroatoms. The third kappa shape index (κ3) is 2.07. The molecule has 0 spiro atoms. The highest BCUT2D eigenvalue weighted by Crippen LogP contribution is 2.14. The normalized spacial score (nSPS) is 15.5. The Morgan fingerprint density at radius 2 is 2.53 bits per heavy atom. The number of aromatic nitrogens is 1. The van der Waals surface area contributed by atoms with Crippen LogP contribution in [0.25, 0.3) is 0 Å². The van der Waals surface area contributed by atoms with Crippen molar-refractivity contribution in [3.63, 3.8) is 0 Å². The zero-order valence-electron chi connectivity index (χ0n) is 7.67. The lowest BCUT2D eigenvalue weighted by Crippen LogP contribution is -2.23. The average molecular weight is 228 g/mol. The van der Waals surface area contributed by atoms with Crippen molar-refractivity contribution in [3.05, 3.63) is 16.1 Å². The van der Waals surface area contributed by atoms with Crippen LogP contribution in [0.5, 0.6) is 0 Å². The van der Waals surface area contributed by atoms with Crippen LogP contribution in [0.15, 0.2) is 5.38 Å². The third-order valence-corrected chi connectivity index (χ3v) is 2.78. The molecule has 0 saturated carbocycles. The van der Waals surface area contributed by atoms with Gasteiger partial charge in [0, 0.05) is 5.38 Å². The molecular weight excluding hydrogens is 220 g/mol. The highest BCUT2D eigenvalue weighted by Gasteiger charge is 2.23. The second kappa shape index (κ2) is 3.85. The van der Waals surface area contributed by atoms with Crippen LogP contribution in [-0.4, -0.2) is 40.2 Å². The molecule has 1 saturated heterocycles. The van der Waals surface area contributed by atoms with Gasteiger partial charge in [-0.15, -0.1) is 11.3 Å². The number of amides is 1. The van der Waals surface area contributed by atoms with Crippen molar-refractivity contribution in [2.75, 3.05) is 13.2 Å². The molecule has 1 aromatic heterocycles. The molecular formula is C8H8N2O4S. The van der Waals surface area contributed by atoms with Gasteiger partial charge in [-0.05, 0) is 0 Å². The molecule has 2 heterocycles. The summed E-state index contributed by atoms with van der Waals surface area (Å²) in [6.45, 7) is 1.23. The maximum Gasteiger partial charge on any atom is 0.410 e. The third-order valence-electron chi connectivity index (χ3n) is 1.94. The Morgan fingerprint density at radius 1 is 1.73 bits per heavy atom. The molecule has 1 fully saturated rings. The molecule has 0 atom stereocenters. The summed E-state index contributed by atoms with van der Waals surface area (Å²) in [6.07, 6.45) is -0.373. The lowest BCUT2D eigenvalue weighted by atomic mass is 10.5. The largest absolute Gasteiger partial charge is 0.476 e. The van der Waals surface area contributed by atoms with E-state index >= 15 is 0 Å². The van der Waals surface area contributed by atoms with Crippen molar-refractivity contribution in [1.29, 1.82) is 0 Å². The van der Waals surface area contributed by atoms with Crippen molar-refractivity contribution in [2.45, 2.75) is 6.54 Å². The summed E-state index contributed by atoms with van der Waals surface area (Å²) in [5, 5.41) is 10.7. The van der Waals surface area contributed by atoms with Gasteiger partial charge in [0.2, 0.25) is 0 Å². The fourth-order valence-electron chi connectivity index (χ4n) is 1.21. The average Bonchev–Trinajstić information content (AvgIpc) is 2.77. The van der Waals surface area contributed by atoms with Crippen molar-refractivity contribution in [2.24, 2.45) is 0 Å². The van der Waals surface area contributed by atoms with Crippen LogP contribution < -0.4 is 0 Å². The molecule has 6 nitrogen and oxygen atoms in total. The number of aromatic carboxylic acids is 1. The molecule has 15 heavy (non-hydrogen) atoms. The number of thiazole rings is 1. The van der Waals surface area contributed by atoms with E-state index in [0.29, 0.717) is 24.7 Å². The first-order valence-electron chi connectivity index (χ1n) is 4.26. The summed E-state index contributed by atoms with van der Waals surface area (Å²) in [5.74, 6) is -1.05. The Hall–Kier alpha value is -1.63. The van der Waals surface area contributed by atoms with Crippen LogP contribution in [-0.2, 0) is 11.3 Å². The Balaban J connectivity index is 2.04. The highest BCUT2D eigenvalue weighted by atomic mass is 32.1. The molecule has 0 bridgehead atoms. The molecule has 1 aromatic rings. The summed E-state index contributed by atoms with van der Waals surface area (Å²) in [4.78, 5) is 27.0. The van der Waals surface area contributed by atoms with Crippen LogP contribution >= 0.6 is 11.3 Å². The summed E-state index contributed by atoms with van der Waals surface area (Å²) >= 11 is 1.23. The standard InChI is InChI=1S/C8H8N2O4S/c11-7(12)5-4-15-6(9-5)3-10-1-2-14-8(10)13/h4H,1-3H2,(H,11,12). The van der Waals surface area contributed by atoms with Gasteiger partial charge >= 0.3 is 12.1 Å². The number of carbonyl (C=O) groups is 2. The van der Waals surface area contributed by atoms with Crippen LogP contribution in [0.4, 0.5) is 4.79 Å². The topological polar surface area (TPSA) is 79.7 Å². The van der Waals surface area contributed by atoms with Crippen molar-refractivity contribution in [3.8, 4) is 0 Å². The van der Waals surface area contributed by atoms with Crippen LogP contribution in [0.3, 0.4) is 0 Å². The lowest BCUT2D eigenvalue weighted by molar-refractivity contribution is 0.0691. The number of carbonyl (C=O) groups excluding carboxylic acids is 1. The Labute approximate surface area is 89.1 Å². The van der Waals surface area contributed by atoms with Crippen LogP contribution in [0, 0.1) is 0 Å². The minimum atomic E-state index is -1.05. The van der Waals surface area contributed by atoms with Gasteiger partial charge in [-0.2, -0.15) is 0 Å². The minimum Gasteiger partial charge on any atom is -0.476 e. The number of carboxylic acids is 1. The number of cyclic esters (lactones) is 1. The van der Waals surface area contributed by atoms with Gasteiger partial charge in [-0.1, -0.05) is 0 Å². The quantitative estimate of drug-likeness (QED) is 0.827. The van der Waals surface area contributed by atoms with E-state index < -0.39 is 5.97 Å². The predicted molar refractivity (Wildman–Crippen MR) is 50.8 cm³/mol. The molecule has 2 rings (SSSR count). The number of nitrogens with zero attached hydrogens (tertiary/aromatic N) is 2. The van der Waals surface area contributed by atoms with E-state index in [2.05, 4.69) is 4.98 Å². The molecule has 1 amide bonds.